The molecule has 0 bridgehead atoms. The van der Waals surface area contributed by atoms with E-state index in [0.717, 1.165) is 47.8 Å². The Bertz CT molecular complexity index is 1380. The highest BCUT2D eigenvalue weighted by molar-refractivity contribution is 6.32. The van der Waals surface area contributed by atoms with Crippen molar-refractivity contribution in [2.24, 2.45) is 0 Å². The number of halogens is 5. The van der Waals surface area contributed by atoms with Crippen LogP contribution in [0.5, 0.6) is 0 Å². The van der Waals surface area contributed by atoms with Crippen molar-refractivity contribution in [1.29, 1.82) is 0 Å². The standard InChI is InChI=1S/C26H22ClF4N3/c1-15-4-9-18(16-5-7-17(28)8-6-16)23(12-15)34-11-3-10-25(34,2)24-32-21-13-19(26(29,30)31)20(27)14-22(21)33-24/h4-9,12-14H,3,10-11H2,1-2H3,(H,32,33)/t25-/m0/s1. The highest BCUT2D eigenvalue weighted by Gasteiger charge is 2.42. The van der Waals surface area contributed by atoms with Crippen LogP contribution < -0.4 is 4.90 Å². The van der Waals surface area contributed by atoms with E-state index >= 15 is 0 Å². The van der Waals surface area contributed by atoms with E-state index in [1.54, 1.807) is 12.1 Å². The summed E-state index contributed by atoms with van der Waals surface area (Å²) in [4.78, 5) is 10.0. The van der Waals surface area contributed by atoms with Gasteiger partial charge in [0, 0.05) is 17.8 Å². The molecule has 8 heteroatoms. The Balaban J connectivity index is 1.62. The van der Waals surface area contributed by atoms with Crippen LogP contribution in [-0.2, 0) is 11.7 Å². The van der Waals surface area contributed by atoms with E-state index < -0.39 is 17.3 Å². The topological polar surface area (TPSA) is 31.9 Å². The fraction of sp³-hybridized carbons (Fsp3) is 0.269. The summed E-state index contributed by atoms with van der Waals surface area (Å²) in [6.45, 7) is 4.80. The molecule has 1 aliphatic heterocycles. The first kappa shape index (κ1) is 22.7. The van der Waals surface area contributed by atoms with Crippen LogP contribution >= 0.6 is 11.6 Å². The molecule has 0 radical (unpaired) electrons. The van der Waals surface area contributed by atoms with Crippen LogP contribution in [0.4, 0.5) is 23.2 Å². The molecule has 1 atom stereocenters. The maximum atomic E-state index is 13.5. The van der Waals surface area contributed by atoms with E-state index in [1.165, 1.54) is 18.2 Å². The zero-order valence-electron chi connectivity index (χ0n) is 18.6. The van der Waals surface area contributed by atoms with Gasteiger partial charge in [-0.15, -0.1) is 0 Å². The van der Waals surface area contributed by atoms with E-state index in [9.17, 15) is 17.6 Å². The van der Waals surface area contributed by atoms with Gasteiger partial charge in [-0.3, -0.25) is 0 Å². The summed E-state index contributed by atoms with van der Waals surface area (Å²) in [6, 6.07) is 14.8. The zero-order valence-corrected chi connectivity index (χ0v) is 19.4. The number of nitrogens with one attached hydrogen (secondary N) is 1. The molecule has 0 saturated carbocycles. The van der Waals surface area contributed by atoms with Gasteiger partial charge in [-0.1, -0.05) is 35.9 Å². The molecular weight excluding hydrogens is 466 g/mol. The molecule has 5 rings (SSSR count). The molecule has 34 heavy (non-hydrogen) atoms. The number of hydrogen-bond acceptors (Lipinski definition) is 2. The molecule has 1 aromatic heterocycles. The third-order valence-corrected chi connectivity index (χ3v) is 6.94. The summed E-state index contributed by atoms with van der Waals surface area (Å²) >= 11 is 5.92. The maximum Gasteiger partial charge on any atom is 0.417 e. The first-order valence-corrected chi connectivity index (χ1v) is 11.4. The summed E-state index contributed by atoms with van der Waals surface area (Å²) in [5.41, 5.74) is 3.11. The lowest BCUT2D eigenvalue weighted by atomic mass is 9.94. The number of rotatable bonds is 3. The van der Waals surface area contributed by atoms with Crippen LogP contribution in [0.3, 0.4) is 0 Å². The molecule has 3 nitrogen and oxygen atoms in total. The van der Waals surface area contributed by atoms with Crippen molar-refractivity contribution in [2.45, 2.75) is 38.4 Å². The Labute approximate surface area is 199 Å². The molecule has 4 aromatic rings. The number of aryl methyl sites for hydroxylation is 1. The van der Waals surface area contributed by atoms with Crippen molar-refractivity contribution in [2.75, 3.05) is 11.4 Å². The summed E-state index contributed by atoms with van der Waals surface area (Å²) in [6.07, 6.45) is -2.89. The summed E-state index contributed by atoms with van der Waals surface area (Å²) in [7, 11) is 0. The van der Waals surface area contributed by atoms with Crippen LogP contribution in [0, 0.1) is 12.7 Å². The smallest absolute Gasteiger partial charge is 0.358 e. The van der Waals surface area contributed by atoms with Gasteiger partial charge in [0.15, 0.2) is 0 Å². The van der Waals surface area contributed by atoms with Crippen LogP contribution in [0.25, 0.3) is 22.2 Å². The average molecular weight is 488 g/mol. The van der Waals surface area contributed by atoms with Crippen molar-refractivity contribution >= 4 is 28.3 Å². The fourth-order valence-corrected chi connectivity index (χ4v) is 5.10. The third kappa shape index (κ3) is 3.82. The van der Waals surface area contributed by atoms with E-state index in [0.29, 0.717) is 16.9 Å². The molecule has 0 aliphatic carbocycles. The van der Waals surface area contributed by atoms with Crippen molar-refractivity contribution in [3.63, 3.8) is 0 Å². The van der Waals surface area contributed by atoms with E-state index in [-0.39, 0.29) is 10.8 Å². The molecule has 1 fully saturated rings. The SMILES string of the molecule is Cc1ccc(-c2ccc(F)cc2)c(N2CCC[C@@]2(C)c2nc3cc(Cl)c(C(F)(F)F)cc3[nH]2)c1. The predicted molar refractivity (Wildman–Crippen MR) is 127 cm³/mol. The normalized spacial score (nSPS) is 18.7. The Morgan fingerprint density at radius 2 is 1.79 bits per heavy atom. The highest BCUT2D eigenvalue weighted by Crippen LogP contribution is 2.45. The molecule has 0 spiro atoms. The largest absolute Gasteiger partial charge is 0.417 e. The summed E-state index contributed by atoms with van der Waals surface area (Å²) < 4.78 is 53.6. The Morgan fingerprint density at radius 1 is 1.06 bits per heavy atom. The number of nitrogens with zero attached hydrogens (tertiary/aromatic N) is 2. The van der Waals surface area contributed by atoms with Crippen molar-refractivity contribution in [3.05, 3.63) is 82.4 Å². The van der Waals surface area contributed by atoms with Gasteiger partial charge in [0.1, 0.15) is 11.6 Å². The first-order valence-electron chi connectivity index (χ1n) is 11.0. The molecule has 1 aliphatic rings. The molecule has 2 heterocycles. The van der Waals surface area contributed by atoms with Crippen LogP contribution in [0.15, 0.2) is 54.6 Å². The van der Waals surface area contributed by atoms with Gasteiger partial charge in [0.05, 0.1) is 27.2 Å². The molecule has 3 aromatic carbocycles. The van der Waals surface area contributed by atoms with Gasteiger partial charge in [0.2, 0.25) is 0 Å². The average Bonchev–Trinajstić information content (AvgIpc) is 3.37. The quantitative estimate of drug-likeness (QED) is 0.298. The number of benzene rings is 3. The highest BCUT2D eigenvalue weighted by atomic mass is 35.5. The van der Waals surface area contributed by atoms with E-state index in [1.807, 2.05) is 26.0 Å². The van der Waals surface area contributed by atoms with Gasteiger partial charge in [0.25, 0.3) is 0 Å². The maximum absolute atomic E-state index is 13.5. The van der Waals surface area contributed by atoms with Crippen LogP contribution in [0.2, 0.25) is 5.02 Å². The molecule has 0 amide bonds. The lowest BCUT2D eigenvalue weighted by molar-refractivity contribution is -0.137. The number of anilines is 1. The molecule has 176 valence electrons. The number of fused-ring (bicyclic) bond motifs is 1. The monoisotopic (exact) mass is 487 g/mol. The van der Waals surface area contributed by atoms with Gasteiger partial charge in [-0.25, -0.2) is 9.37 Å². The number of aromatic nitrogens is 2. The Morgan fingerprint density at radius 3 is 2.50 bits per heavy atom. The minimum absolute atomic E-state index is 0.294. The zero-order chi connectivity index (χ0) is 24.3. The lowest BCUT2D eigenvalue weighted by Crippen LogP contribution is -2.40. The van der Waals surface area contributed by atoms with E-state index in [2.05, 4.69) is 20.9 Å². The lowest BCUT2D eigenvalue weighted by Gasteiger charge is -2.37. The number of imidazole rings is 1. The molecule has 1 saturated heterocycles. The Kier molecular flexibility index (Phi) is 5.35. The van der Waals surface area contributed by atoms with Gasteiger partial charge in [-0.05, 0) is 68.1 Å². The van der Waals surface area contributed by atoms with Gasteiger partial charge in [-0.2, -0.15) is 13.2 Å². The number of alkyl halides is 3. The van der Waals surface area contributed by atoms with Gasteiger partial charge < -0.3 is 9.88 Å². The second kappa shape index (κ2) is 8.01. The number of aromatic amines is 1. The summed E-state index contributed by atoms with van der Waals surface area (Å²) in [5, 5.41) is -0.372. The minimum Gasteiger partial charge on any atom is -0.358 e. The molecular formula is C26H22ClF4N3. The summed E-state index contributed by atoms with van der Waals surface area (Å²) in [5.74, 6) is 0.282. The second-order valence-electron chi connectivity index (χ2n) is 8.99. The predicted octanol–water partition coefficient (Wildman–Crippen LogP) is 7.87. The van der Waals surface area contributed by atoms with E-state index in [4.69, 9.17) is 11.6 Å². The van der Waals surface area contributed by atoms with Gasteiger partial charge >= 0.3 is 6.18 Å². The molecule has 0 unspecified atom stereocenters. The fourth-order valence-electron chi connectivity index (χ4n) is 4.84. The number of H-pyrrole nitrogens is 1. The van der Waals surface area contributed by atoms with Crippen LogP contribution in [-0.4, -0.2) is 16.5 Å². The first-order chi connectivity index (χ1) is 16.1. The molecule has 1 N–H and O–H groups in total. The minimum atomic E-state index is -4.55. The third-order valence-electron chi connectivity index (χ3n) is 6.63. The van der Waals surface area contributed by atoms with Crippen molar-refractivity contribution in [3.8, 4) is 11.1 Å². The number of hydrogen-bond donors (Lipinski definition) is 1. The van der Waals surface area contributed by atoms with Crippen molar-refractivity contribution < 1.29 is 17.6 Å². The second-order valence-corrected chi connectivity index (χ2v) is 9.40. The van der Waals surface area contributed by atoms with Crippen LogP contribution in [0.1, 0.15) is 36.7 Å². The Hall–Kier alpha value is -3.06. The van der Waals surface area contributed by atoms with Crippen molar-refractivity contribution in [1.82, 2.24) is 9.97 Å².